The summed E-state index contributed by atoms with van der Waals surface area (Å²) in [6, 6.07) is 23.6. The van der Waals surface area contributed by atoms with E-state index >= 15 is 0 Å². The molecule has 3 aromatic rings. The molecule has 1 N–H and O–H groups in total. The fourth-order valence-electron chi connectivity index (χ4n) is 3.53. The van der Waals surface area contributed by atoms with Crippen molar-refractivity contribution in [3.63, 3.8) is 0 Å². The molecule has 156 valence electrons. The lowest BCUT2D eigenvalue weighted by atomic mass is 9.87. The molecule has 4 heteroatoms. The van der Waals surface area contributed by atoms with Crippen molar-refractivity contribution in [2.45, 2.75) is 39.2 Å². The van der Waals surface area contributed by atoms with Gasteiger partial charge in [-0.2, -0.15) is 0 Å². The number of amides is 1. The van der Waals surface area contributed by atoms with Crippen LogP contribution >= 0.6 is 0 Å². The summed E-state index contributed by atoms with van der Waals surface area (Å²) in [6.07, 6.45) is 0.416. The number of hydrogen-bond donors (Lipinski definition) is 1. The van der Waals surface area contributed by atoms with Gasteiger partial charge in [0.25, 0.3) is 0 Å². The Bertz CT molecular complexity index is 980. The van der Waals surface area contributed by atoms with Crippen LogP contribution in [-0.2, 0) is 4.79 Å². The Morgan fingerprint density at radius 3 is 2.37 bits per heavy atom. The molecule has 0 unspecified atom stereocenters. The van der Waals surface area contributed by atoms with Gasteiger partial charge in [0, 0.05) is 23.6 Å². The summed E-state index contributed by atoms with van der Waals surface area (Å²) in [6.45, 7) is 6.01. The number of carbonyl (C=O) groups is 1. The van der Waals surface area contributed by atoms with Gasteiger partial charge < -0.3 is 14.8 Å². The zero-order valence-electron chi connectivity index (χ0n) is 18.0. The van der Waals surface area contributed by atoms with E-state index in [1.54, 1.807) is 7.11 Å². The molecule has 30 heavy (non-hydrogen) atoms. The number of ether oxygens (including phenoxy) is 2. The third-order valence-corrected chi connectivity index (χ3v) is 4.86. The summed E-state index contributed by atoms with van der Waals surface area (Å²) in [5, 5.41) is 3.02. The Hall–Kier alpha value is -3.27. The zero-order valence-corrected chi connectivity index (χ0v) is 18.0. The fourth-order valence-corrected chi connectivity index (χ4v) is 3.53. The van der Waals surface area contributed by atoms with Crippen LogP contribution in [0.2, 0.25) is 0 Å². The maximum atomic E-state index is 12.9. The van der Waals surface area contributed by atoms with Gasteiger partial charge in [-0.1, -0.05) is 42.5 Å². The first-order valence-electron chi connectivity index (χ1n) is 10.2. The molecule has 3 aromatic carbocycles. The third kappa shape index (κ3) is 5.63. The second-order valence-corrected chi connectivity index (χ2v) is 7.65. The number of benzene rings is 3. The first-order chi connectivity index (χ1) is 14.5. The molecular weight excluding hydrogens is 374 g/mol. The van der Waals surface area contributed by atoms with E-state index in [-0.39, 0.29) is 17.9 Å². The number of methoxy groups -OCH3 is 1. The number of rotatable bonds is 8. The molecule has 0 radical (unpaired) electrons. The molecule has 0 aliphatic heterocycles. The minimum absolute atomic E-state index is 0.0426. The first-order valence-corrected chi connectivity index (χ1v) is 10.2. The van der Waals surface area contributed by atoms with Crippen LogP contribution in [-0.4, -0.2) is 19.1 Å². The highest BCUT2D eigenvalue weighted by atomic mass is 16.5. The van der Waals surface area contributed by atoms with Crippen molar-refractivity contribution >= 4 is 11.6 Å². The molecule has 1 atom stereocenters. The van der Waals surface area contributed by atoms with E-state index < -0.39 is 0 Å². The average molecular weight is 404 g/mol. The van der Waals surface area contributed by atoms with E-state index in [2.05, 4.69) is 5.32 Å². The van der Waals surface area contributed by atoms with E-state index in [1.807, 2.05) is 93.6 Å². The molecule has 0 aliphatic carbocycles. The zero-order chi connectivity index (χ0) is 21.5. The van der Waals surface area contributed by atoms with E-state index in [0.717, 1.165) is 33.9 Å². The van der Waals surface area contributed by atoms with Crippen LogP contribution in [0.1, 0.15) is 42.9 Å². The van der Waals surface area contributed by atoms with Gasteiger partial charge >= 0.3 is 0 Å². The highest BCUT2D eigenvalue weighted by Gasteiger charge is 2.22. The van der Waals surface area contributed by atoms with E-state index in [9.17, 15) is 4.79 Å². The van der Waals surface area contributed by atoms with Crippen LogP contribution in [0.5, 0.6) is 11.5 Å². The largest absolute Gasteiger partial charge is 0.496 e. The lowest BCUT2D eigenvalue weighted by Gasteiger charge is -2.21. The maximum Gasteiger partial charge on any atom is 0.225 e. The minimum Gasteiger partial charge on any atom is -0.496 e. The van der Waals surface area contributed by atoms with Gasteiger partial charge in [-0.15, -0.1) is 0 Å². The molecule has 0 spiro atoms. The van der Waals surface area contributed by atoms with Crippen LogP contribution in [0.4, 0.5) is 5.69 Å². The average Bonchev–Trinajstić information content (AvgIpc) is 2.72. The first kappa shape index (κ1) is 21.4. The molecule has 0 saturated heterocycles. The van der Waals surface area contributed by atoms with Gasteiger partial charge in [0.05, 0.1) is 13.2 Å². The topological polar surface area (TPSA) is 47.6 Å². The van der Waals surface area contributed by atoms with Crippen LogP contribution in [0, 0.1) is 6.92 Å². The van der Waals surface area contributed by atoms with Crippen molar-refractivity contribution in [2.24, 2.45) is 0 Å². The van der Waals surface area contributed by atoms with Crippen molar-refractivity contribution in [1.82, 2.24) is 0 Å². The Morgan fingerprint density at radius 1 is 0.967 bits per heavy atom. The lowest BCUT2D eigenvalue weighted by Crippen LogP contribution is -2.17. The predicted molar refractivity (Wildman–Crippen MR) is 121 cm³/mol. The SMILES string of the molecule is COc1ccccc1[C@H](CC(=O)Nc1cccc(C)c1)c1ccc(OC(C)C)cc1. The van der Waals surface area contributed by atoms with Crippen molar-refractivity contribution in [1.29, 1.82) is 0 Å². The highest BCUT2D eigenvalue weighted by molar-refractivity contribution is 5.91. The quantitative estimate of drug-likeness (QED) is 0.505. The summed E-state index contributed by atoms with van der Waals surface area (Å²) in [4.78, 5) is 12.9. The summed E-state index contributed by atoms with van der Waals surface area (Å²) in [7, 11) is 1.66. The monoisotopic (exact) mass is 403 g/mol. The minimum atomic E-state index is -0.140. The van der Waals surface area contributed by atoms with Gasteiger partial charge in [0.1, 0.15) is 11.5 Å². The Labute approximate surface area is 178 Å². The predicted octanol–water partition coefficient (Wildman–Crippen LogP) is 5.95. The normalized spacial score (nSPS) is 11.8. The Kier molecular flexibility index (Phi) is 7.12. The van der Waals surface area contributed by atoms with Gasteiger partial charge in [0.2, 0.25) is 5.91 Å². The van der Waals surface area contributed by atoms with Crippen LogP contribution in [0.15, 0.2) is 72.8 Å². The number of carbonyl (C=O) groups excluding carboxylic acids is 1. The van der Waals surface area contributed by atoms with Gasteiger partial charge in [-0.05, 0) is 62.2 Å². The van der Waals surface area contributed by atoms with Crippen molar-refractivity contribution in [3.8, 4) is 11.5 Å². The molecule has 0 aliphatic rings. The van der Waals surface area contributed by atoms with Gasteiger partial charge in [-0.3, -0.25) is 4.79 Å². The summed E-state index contributed by atoms with van der Waals surface area (Å²) >= 11 is 0. The molecule has 0 fully saturated rings. The number of aryl methyl sites for hydroxylation is 1. The molecule has 0 aromatic heterocycles. The van der Waals surface area contributed by atoms with Crippen LogP contribution < -0.4 is 14.8 Å². The van der Waals surface area contributed by atoms with Crippen molar-refractivity contribution < 1.29 is 14.3 Å². The summed E-state index contributed by atoms with van der Waals surface area (Å²) in [5.74, 6) is 1.41. The van der Waals surface area contributed by atoms with Gasteiger partial charge in [0.15, 0.2) is 0 Å². The molecular formula is C26H29NO3. The molecule has 0 bridgehead atoms. The lowest BCUT2D eigenvalue weighted by molar-refractivity contribution is -0.116. The highest BCUT2D eigenvalue weighted by Crippen LogP contribution is 2.35. The molecule has 0 heterocycles. The number of nitrogens with one attached hydrogen (secondary N) is 1. The van der Waals surface area contributed by atoms with E-state index in [1.165, 1.54) is 0 Å². The Balaban J connectivity index is 1.88. The molecule has 0 saturated carbocycles. The summed E-state index contributed by atoms with van der Waals surface area (Å²) in [5.41, 5.74) is 3.93. The standard InChI is InChI=1S/C26H29NO3/c1-18(2)30-22-14-12-20(13-15-22)24(23-10-5-6-11-25(23)29-4)17-26(28)27-21-9-7-8-19(3)16-21/h5-16,18,24H,17H2,1-4H3,(H,27,28)/t24-/m1/s1. The fraction of sp³-hybridized carbons (Fsp3) is 0.269. The van der Waals surface area contributed by atoms with Crippen molar-refractivity contribution in [3.05, 3.63) is 89.5 Å². The maximum absolute atomic E-state index is 12.9. The molecule has 3 rings (SSSR count). The summed E-state index contributed by atoms with van der Waals surface area (Å²) < 4.78 is 11.4. The molecule has 1 amide bonds. The van der Waals surface area contributed by atoms with E-state index in [4.69, 9.17) is 9.47 Å². The Morgan fingerprint density at radius 2 is 1.70 bits per heavy atom. The number of anilines is 1. The second-order valence-electron chi connectivity index (χ2n) is 7.65. The van der Waals surface area contributed by atoms with Gasteiger partial charge in [-0.25, -0.2) is 0 Å². The van der Waals surface area contributed by atoms with Crippen LogP contribution in [0.25, 0.3) is 0 Å². The third-order valence-electron chi connectivity index (χ3n) is 4.86. The van der Waals surface area contributed by atoms with E-state index in [0.29, 0.717) is 6.42 Å². The van der Waals surface area contributed by atoms with Crippen molar-refractivity contribution in [2.75, 3.05) is 12.4 Å². The number of para-hydroxylation sites is 1. The number of hydrogen-bond acceptors (Lipinski definition) is 3. The smallest absolute Gasteiger partial charge is 0.225 e. The molecule has 4 nitrogen and oxygen atoms in total. The second kappa shape index (κ2) is 9.97. The van der Waals surface area contributed by atoms with Crippen LogP contribution in [0.3, 0.4) is 0 Å².